The highest BCUT2D eigenvalue weighted by Crippen LogP contribution is 2.34. The van der Waals surface area contributed by atoms with E-state index >= 15 is 0 Å². The molecule has 4 rings (SSSR count). The van der Waals surface area contributed by atoms with Crippen LogP contribution in [0.1, 0.15) is 50.9 Å². The Labute approximate surface area is 495 Å². The molecule has 32 heteroatoms. The standard InChI is InChI=1S/C54H75F4N7O20S/c1-3-10-65(84-13-9-60-54(69)83-4-2)53(68)40-32-39-6-5-38(33-42(39)64-43(59)34-40)41-35-61-44(62-36-41)37-63-45(66)7-11-73-14-16-75-18-20-77-22-24-79-26-28-81-30-31-82-29-27-80-25-23-78-21-19-76-17-15-74-12-8-46(67)85-51-47(55)49(57)52(86(70,71)72)50(58)48(51)56/h5-6,32-33,35-36H,3-4,7-31,34,37H2,1-2H3,(H2,59,64)(H,60,69)(H,63,66)(H,70,71,72). The third kappa shape index (κ3) is 28.0. The summed E-state index contributed by atoms with van der Waals surface area (Å²) in [6.45, 7) is 10.1. The summed E-state index contributed by atoms with van der Waals surface area (Å²) in [6, 6.07) is 5.54. The van der Waals surface area contributed by atoms with Crippen LogP contribution in [0.3, 0.4) is 0 Å². The Balaban J connectivity index is 0.882. The van der Waals surface area contributed by atoms with Crippen LogP contribution < -0.4 is 21.1 Å². The van der Waals surface area contributed by atoms with Crippen LogP contribution >= 0.6 is 0 Å². The molecule has 0 saturated carbocycles. The van der Waals surface area contributed by atoms with Crippen molar-refractivity contribution in [2.75, 3.05) is 158 Å². The van der Waals surface area contributed by atoms with E-state index in [4.69, 9.17) is 67.2 Å². The van der Waals surface area contributed by atoms with Gasteiger partial charge in [-0.1, -0.05) is 19.1 Å². The molecule has 27 nitrogen and oxygen atoms in total. The number of amides is 3. The molecule has 5 N–H and O–H groups in total. The van der Waals surface area contributed by atoms with E-state index in [9.17, 15) is 45.2 Å². The Hall–Kier alpha value is -6.40. The van der Waals surface area contributed by atoms with E-state index in [-0.39, 0.29) is 96.4 Å². The lowest BCUT2D eigenvalue weighted by molar-refractivity contribution is -0.181. The number of nitrogens with zero attached hydrogens (tertiary/aromatic N) is 4. The number of aromatic nitrogens is 2. The molecular formula is C54H75F4N7O20S. The Morgan fingerprint density at radius 2 is 1.12 bits per heavy atom. The van der Waals surface area contributed by atoms with Crippen molar-refractivity contribution in [1.82, 2.24) is 25.7 Å². The number of alkyl carbamates (subject to hydrolysis) is 1. The normalized spacial score (nSPS) is 12.3. The summed E-state index contributed by atoms with van der Waals surface area (Å²) >= 11 is 0. The van der Waals surface area contributed by atoms with Crippen LogP contribution in [0.4, 0.5) is 28.0 Å². The predicted octanol–water partition coefficient (Wildman–Crippen LogP) is 3.81. The Bertz CT molecular complexity index is 2710. The lowest BCUT2D eigenvalue weighted by atomic mass is 10.0. The minimum Gasteiger partial charge on any atom is -0.450 e. The molecule has 2 aromatic carbocycles. The van der Waals surface area contributed by atoms with Crippen molar-refractivity contribution < 1.29 is 111 Å². The molecule has 0 fully saturated rings. The van der Waals surface area contributed by atoms with Crippen molar-refractivity contribution in [2.24, 2.45) is 10.7 Å². The molecule has 0 spiro atoms. The highest BCUT2D eigenvalue weighted by atomic mass is 32.2. The number of aliphatic imine (C=N–C) groups is 1. The lowest BCUT2D eigenvalue weighted by Gasteiger charge is -2.22. The average Bonchev–Trinajstić information content (AvgIpc) is 3.55. The number of nitrogens with two attached hydrogens (primary N) is 1. The fourth-order valence-electron chi connectivity index (χ4n) is 7.12. The summed E-state index contributed by atoms with van der Waals surface area (Å²) in [5.41, 5.74) is 9.42. The molecule has 1 aromatic heterocycles. The van der Waals surface area contributed by atoms with Crippen molar-refractivity contribution in [3.05, 3.63) is 70.8 Å². The number of amidine groups is 1. The fourth-order valence-corrected chi connectivity index (χ4v) is 7.75. The van der Waals surface area contributed by atoms with Crippen LogP contribution in [0, 0.1) is 23.3 Å². The van der Waals surface area contributed by atoms with Gasteiger partial charge in [0.05, 0.1) is 164 Å². The van der Waals surface area contributed by atoms with E-state index in [1.807, 2.05) is 25.1 Å². The predicted molar refractivity (Wildman–Crippen MR) is 295 cm³/mol. The summed E-state index contributed by atoms with van der Waals surface area (Å²) in [6.07, 6.45) is 4.80. The second kappa shape index (κ2) is 41.7. The number of fused-ring (bicyclic) bond motifs is 1. The number of benzene rings is 2. The first-order chi connectivity index (χ1) is 41.5. The SMILES string of the molecule is CCCN(OCCNC(=O)OCC)C(=O)C1=Cc2ccc(-c3cnc(CNC(=O)CCOCCOCCOCCOCCOCCOCCOCCOCCOCCOCCC(=O)Oc4c(F)c(F)c(S(=O)(=O)O)c(F)c4F)nc3)cc2N=C(N)C1. The highest BCUT2D eigenvalue weighted by molar-refractivity contribution is 7.85. The first kappa shape index (κ1) is 72.1. The quantitative estimate of drug-likeness (QED) is 0.0119. The van der Waals surface area contributed by atoms with Gasteiger partial charge < -0.3 is 73.2 Å². The van der Waals surface area contributed by atoms with E-state index < -0.39 is 62.5 Å². The van der Waals surface area contributed by atoms with E-state index in [0.29, 0.717) is 134 Å². The van der Waals surface area contributed by atoms with Crippen LogP contribution in [0.2, 0.25) is 0 Å². The molecule has 0 radical (unpaired) electrons. The van der Waals surface area contributed by atoms with Crippen LogP contribution in [-0.4, -0.2) is 216 Å². The second-order valence-corrected chi connectivity index (χ2v) is 19.1. The van der Waals surface area contributed by atoms with Crippen molar-refractivity contribution in [3.63, 3.8) is 0 Å². The minimum atomic E-state index is -5.65. The highest BCUT2D eigenvalue weighted by Gasteiger charge is 2.34. The third-order valence-electron chi connectivity index (χ3n) is 11.2. The van der Waals surface area contributed by atoms with Crippen molar-refractivity contribution >= 4 is 51.6 Å². The number of rotatable bonds is 46. The number of nitrogens with one attached hydrogen (secondary N) is 2. The summed E-state index contributed by atoms with van der Waals surface area (Å²) in [5, 5.41) is 6.62. The summed E-state index contributed by atoms with van der Waals surface area (Å²) in [4.78, 5) is 66.2. The number of hydrogen-bond acceptors (Lipinski definition) is 23. The van der Waals surface area contributed by atoms with Gasteiger partial charge in [0.15, 0.2) is 16.5 Å². The van der Waals surface area contributed by atoms with E-state index in [1.54, 1.807) is 25.4 Å². The molecule has 480 valence electrons. The van der Waals surface area contributed by atoms with Crippen molar-refractivity contribution in [2.45, 2.75) is 51.0 Å². The van der Waals surface area contributed by atoms with Gasteiger partial charge in [0.1, 0.15) is 11.7 Å². The van der Waals surface area contributed by atoms with Gasteiger partial charge >= 0.3 is 22.2 Å². The van der Waals surface area contributed by atoms with Crippen LogP contribution in [0.15, 0.2) is 46.1 Å². The van der Waals surface area contributed by atoms with Gasteiger partial charge in [-0.2, -0.15) is 17.2 Å². The topological polar surface area (TPSA) is 334 Å². The second-order valence-electron chi connectivity index (χ2n) is 17.8. The van der Waals surface area contributed by atoms with Gasteiger partial charge in [-0.05, 0) is 31.1 Å². The number of ether oxygens (including phenoxy) is 12. The van der Waals surface area contributed by atoms with E-state index in [1.165, 1.54) is 5.06 Å². The molecule has 3 amide bonds. The molecule has 0 saturated heterocycles. The van der Waals surface area contributed by atoms with Crippen LogP contribution in [0.5, 0.6) is 5.75 Å². The first-order valence-electron chi connectivity index (χ1n) is 27.5. The summed E-state index contributed by atoms with van der Waals surface area (Å²) < 4.78 is 150. The zero-order chi connectivity index (χ0) is 62.4. The Kier molecular flexibility index (Phi) is 34.9. The van der Waals surface area contributed by atoms with Gasteiger partial charge in [0, 0.05) is 55.0 Å². The molecule has 0 atom stereocenters. The molecule has 0 aliphatic carbocycles. The molecule has 3 aromatic rings. The van der Waals surface area contributed by atoms with E-state index in [0.717, 1.165) is 5.56 Å². The van der Waals surface area contributed by atoms with Crippen molar-refractivity contribution in [3.8, 4) is 16.9 Å². The first-order valence-corrected chi connectivity index (χ1v) is 28.9. The van der Waals surface area contributed by atoms with E-state index in [2.05, 4.69) is 30.3 Å². The smallest absolute Gasteiger partial charge is 0.407 e. The maximum atomic E-state index is 14.0. The van der Waals surface area contributed by atoms with Crippen LogP contribution in [-0.2, 0) is 88.0 Å². The number of hydroxylamine groups is 2. The minimum absolute atomic E-state index is 0.0122. The zero-order valence-corrected chi connectivity index (χ0v) is 48.8. The molecule has 86 heavy (non-hydrogen) atoms. The molecular weight excluding hydrogens is 1170 g/mol. The molecule has 0 bridgehead atoms. The van der Waals surface area contributed by atoms with Gasteiger partial charge in [-0.3, -0.25) is 23.8 Å². The number of carbonyl (C=O) groups is 4. The number of halogens is 4. The largest absolute Gasteiger partial charge is 0.450 e. The maximum absolute atomic E-state index is 14.0. The fraction of sp³-hybridized carbons (Fsp3) is 0.574. The third-order valence-corrected chi connectivity index (χ3v) is 12.1. The van der Waals surface area contributed by atoms with Gasteiger partial charge in [0.25, 0.3) is 5.91 Å². The number of esters is 1. The van der Waals surface area contributed by atoms with Crippen LogP contribution in [0.25, 0.3) is 17.2 Å². The van der Waals surface area contributed by atoms with Gasteiger partial charge in [-0.15, -0.1) is 0 Å². The monoisotopic (exact) mass is 1250 g/mol. The Morgan fingerprint density at radius 1 is 0.640 bits per heavy atom. The molecule has 1 aliphatic heterocycles. The summed E-state index contributed by atoms with van der Waals surface area (Å²) in [7, 11) is -5.65. The van der Waals surface area contributed by atoms with Gasteiger partial charge in [0.2, 0.25) is 23.3 Å². The number of carbonyl (C=O) groups excluding carboxylic acids is 4. The van der Waals surface area contributed by atoms with Crippen molar-refractivity contribution in [1.29, 1.82) is 0 Å². The maximum Gasteiger partial charge on any atom is 0.407 e. The Morgan fingerprint density at radius 3 is 1.58 bits per heavy atom. The molecule has 1 aliphatic rings. The molecule has 0 unspecified atom stereocenters. The molecule has 2 heterocycles. The zero-order valence-electron chi connectivity index (χ0n) is 48.0. The average molecular weight is 1250 g/mol. The summed E-state index contributed by atoms with van der Waals surface area (Å²) in [5.74, 6) is -12.6. The lowest BCUT2D eigenvalue weighted by Crippen LogP contribution is -2.37. The number of hydrogen-bond donors (Lipinski definition) is 4. The van der Waals surface area contributed by atoms with Gasteiger partial charge in [-0.25, -0.2) is 33.6 Å².